The first-order valence-corrected chi connectivity index (χ1v) is 25.4. The van der Waals surface area contributed by atoms with E-state index in [1.807, 2.05) is 0 Å². The summed E-state index contributed by atoms with van der Waals surface area (Å²) in [5, 5.41) is 0. The highest BCUT2D eigenvalue weighted by Crippen LogP contribution is 2.15. The second-order valence-corrected chi connectivity index (χ2v) is 16.7. The van der Waals surface area contributed by atoms with E-state index >= 15 is 0 Å². The number of esters is 3. The van der Waals surface area contributed by atoms with Gasteiger partial charge in [0.05, 0.1) is 0 Å². The molecular weight excluding hydrogens is 757 g/mol. The minimum atomic E-state index is -0.798. The van der Waals surface area contributed by atoms with Crippen molar-refractivity contribution in [2.45, 2.75) is 245 Å². The molecule has 0 saturated heterocycles. The molecule has 0 fully saturated rings. The van der Waals surface area contributed by atoms with E-state index < -0.39 is 6.10 Å². The summed E-state index contributed by atoms with van der Waals surface area (Å²) in [7, 11) is 0. The molecule has 0 rings (SSSR count). The summed E-state index contributed by atoms with van der Waals surface area (Å²) in [5.74, 6) is -0.964. The third-order valence-corrected chi connectivity index (χ3v) is 10.7. The van der Waals surface area contributed by atoms with E-state index in [1.54, 1.807) is 0 Å². The molecule has 0 aromatic rings. The summed E-state index contributed by atoms with van der Waals surface area (Å²) < 4.78 is 16.7. The normalized spacial score (nSPS) is 12.6. The zero-order valence-electron chi connectivity index (χ0n) is 39.9. The lowest BCUT2D eigenvalue weighted by Crippen LogP contribution is -2.30. The lowest BCUT2D eigenvalue weighted by Gasteiger charge is -2.18. The van der Waals surface area contributed by atoms with Crippen molar-refractivity contribution in [3.63, 3.8) is 0 Å². The summed E-state index contributed by atoms with van der Waals surface area (Å²) in [6.45, 7) is 6.41. The van der Waals surface area contributed by atoms with Crippen LogP contribution < -0.4 is 0 Å². The van der Waals surface area contributed by atoms with Crippen LogP contribution in [0, 0.1) is 0 Å². The first-order valence-electron chi connectivity index (χ1n) is 25.4. The molecule has 350 valence electrons. The maximum Gasteiger partial charge on any atom is 0.306 e. The lowest BCUT2D eigenvalue weighted by molar-refractivity contribution is -0.167. The molecule has 1 atom stereocenters. The second-order valence-electron chi connectivity index (χ2n) is 16.7. The van der Waals surface area contributed by atoms with Gasteiger partial charge < -0.3 is 14.2 Å². The van der Waals surface area contributed by atoms with Crippen molar-refractivity contribution in [3.05, 3.63) is 72.9 Å². The van der Waals surface area contributed by atoms with Gasteiger partial charge in [0.1, 0.15) is 13.2 Å². The highest BCUT2D eigenvalue weighted by Gasteiger charge is 2.19. The maximum absolute atomic E-state index is 12.8. The number of rotatable bonds is 45. The molecular formula is C55H94O6. The topological polar surface area (TPSA) is 78.9 Å². The van der Waals surface area contributed by atoms with Gasteiger partial charge in [0, 0.05) is 19.3 Å². The lowest BCUT2D eigenvalue weighted by atomic mass is 10.0. The summed E-state index contributed by atoms with van der Waals surface area (Å²) >= 11 is 0. The monoisotopic (exact) mass is 851 g/mol. The second kappa shape index (κ2) is 49.5. The standard InChI is InChI=1S/C55H94O6/c1-4-7-10-13-16-19-22-24-26-28-30-31-33-36-39-42-45-48-54(57)60-51-52(50-59-53(56)47-44-41-38-35-21-18-15-12-9-6-3)61-55(58)49-46-43-40-37-34-32-29-27-25-23-20-17-14-11-8-5-2/h7,10,12,15-16,19,24,26,30-31,36,39,52H,4-6,8-9,11,13-14,17-18,20-23,25,27-29,32-35,37-38,40-51H2,1-3H3/b10-7-,15-12-,19-16-,26-24-,31-30-,39-36-. The van der Waals surface area contributed by atoms with Gasteiger partial charge in [0.15, 0.2) is 6.10 Å². The van der Waals surface area contributed by atoms with Crippen LogP contribution in [0.25, 0.3) is 0 Å². The average molecular weight is 851 g/mol. The Kier molecular flexibility index (Phi) is 46.9. The van der Waals surface area contributed by atoms with Gasteiger partial charge in [0.25, 0.3) is 0 Å². The zero-order valence-corrected chi connectivity index (χ0v) is 39.9. The smallest absolute Gasteiger partial charge is 0.306 e. The molecule has 0 aromatic carbocycles. The summed E-state index contributed by atoms with van der Waals surface area (Å²) in [6.07, 6.45) is 61.8. The molecule has 1 unspecified atom stereocenters. The van der Waals surface area contributed by atoms with Crippen LogP contribution in [0.15, 0.2) is 72.9 Å². The number of ether oxygens (including phenoxy) is 3. The van der Waals surface area contributed by atoms with Crippen LogP contribution in [-0.2, 0) is 28.6 Å². The Balaban J connectivity index is 4.43. The van der Waals surface area contributed by atoms with Crippen molar-refractivity contribution >= 4 is 17.9 Å². The number of carbonyl (C=O) groups excluding carboxylic acids is 3. The molecule has 0 aliphatic carbocycles. The number of hydrogen-bond acceptors (Lipinski definition) is 6. The fourth-order valence-corrected chi connectivity index (χ4v) is 6.89. The largest absolute Gasteiger partial charge is 0.462 e. The number of carbonyl (C=O) groups is 3. The summed E-state index contributed by atoms with van der Waals surface area (Å²) in [4.78, 5) is 37.9. The molecule has 61 heavy (non-hydrogen) atoms. The van der Waals surface area contributed by atoms with E-state index in [1.165, 1.54) is 96.3 Å². The highest BCUT2D eigenvalue weighted by atomic mass is 16.6. The van der Waals surface area contributed by atoms with Gasteiger partial charge >= 0.3 is 17.9 Å². The molecule has 0 aliphatic heterocycles. The molecule has 0 aromatic heterocycles. The Morgan fingerprint density at radius 2 is 0.689 bits per heavy atom. The third kappa shape index (κ3) is 47.7. The fraction of sp³-hybridized carbons (Fsp3) is 0.727. The molecule has 0 amide bonds. The van der Waals surface area contributed by atoms with E-state index in [2.05, 4.69) is 93.7 Å². The fourth-order valence-electron chi connectivity index (χ4n) is 6.89. The van der Waals surface area contributed by atoms with Gasteiger partial charge in [-0.2, -0.15) is 0 Å². The third-order valence-electron chi connectivity index (χ3n) is 10.7. The average Bonchev–Trinajstić information content (AvgIpc) is 3.26. The summed E-state index contributed by atoms with van der Waals surface area (Å²) in [5.41, 5.74) is 0. The number of unbranched alkanes of at least 4 members (excludes halogenated alkanes) is 22. The minimum absolute atomic E-state index is 0.0963. The van der Waals surface area contributed by atoms with Crippen LogP contribution in [0.2, 0.25) is 0 Å². The van der Waals surface area contributed by atoms with E-state index in [4.69, 9.17) is 14.2 Å². The van der Waals surface area contributed by atoms with Crippen LogP contribution in [0.3, 0.4) is 0 Å². The Bertz CT molecular complexity index is 1160. The molecule has 0 aliphatic rings. The van der Waals surface area contributed by atoms with Crippen LogP contribution >= 0.6 is 0 Å². The first-order chi connectivity index (χ1) is 30.0. The molecule has 0 saturated carbocycles. The van der Waals surface area contributed by atoms with Crippen molar-refractivity contribution in [2.24, 2.45) is 0 Å². The van der Waals surface area contributed by atoms with Gasteiger partial charge in [-0.15, -0.1) is 0 Å². The zero-order chi connectivity index (χ0) is 44.4. The number of hydrogen-bond donors (Lipinski definition) is 0. The SMILES string of the molecule is CC/C=C\C/C=C\C/C=C\C/C=C\C/C=C\CCCC(=O)OCC(COC(=O)CCCCCCC/C=C\CCC)OC(=O)CCCCCCCCCCCCCCCCCC. The first kappa shape index (κ1) is 57.9. The predicted molar refractivity (Wildman–Crippen MR) is 261 cm³/mol. The van der Waals surface area contributed by atoms with E-state index in [9.17, 15) is 14.4 Å². The van der Waals surface area contributed by atoms with Gasteiger partial charge in [-0.25, -0.2) is 0 Å². The Hall–Kier alpha value is -3.15. The Morgan fingerprint density at radius 1 is 0.344 bits per heavy atom. The molecule has 0 radical (unpaired) electrons. The van der Waals surface area contributed by atoms with Crippen LogP contribution in [0.4, 0.5) is 0 Å². The molecule has 0 bridgehead atoms. The summed E-state index contributed by atoms with van der Waals surface area (Å²) in [6, 6.07) is 0. The predicted octanol–water partition coefficient (Wildman–Crippen LogP) is 16.6. The van der Waals surface area contributed by atoms with E-state index in [-0.39, 0.29) is 37.5 Å². The van der Waals surface area contributed by atoms with Crippen molar-refractivity contribution in [1.82, 2.24) is 0 Å². The Morgan fingerprint density at radius 3 is 1.15 bits per heavy atom. The van der Waals surface area contributed by atoms with E-state index in [0.29, 0.717) is 19.3 Å². The van der Waals surface area contributed by atoms with Crippen LogP contribution in [0.1, 0.15) is 239 Å². The molecule has 0 N–H and O–H groups in total. The van der Waals surface area contributed by atoms with Gasteiger partial charge in [0.2, 0.25) is 0 Å². The van der Waals surface area contributed by atoms with Crippen molar-refractivity contribution < 1.29 is 28.6 Å². The van der Waals surface area contributed by atoms with Crippen LogP contribution in [0.5, 0.6) is 0 Å². The van der Waals surface area contributed by atoms with Gasteiger partial charge in [-0.1, -0.05) is 216 Å². The van der Waals surface area contributed by atoms with Crippen LogP contribution in [-0.4, -0.2) is 37.2 Å². The highest BCUT2D eigenvalue weighted by molar-refractivity contribution is 5.71. The van der Waals surface area contributed by atoms with Crippen molar-refractivity contribution in [1.29, 1.82) is 0 Å². The van der Waals surface area contributed by atoms with E-state index in [0.717, 1.165) is 96.3 Å². The van der Waals surface area contributed by atoms with Crippen molar-refractivity contribution in [2.75, 3.05) is 13.2 Å². The number of allylic oxidation sites excluding steroid dienone is 12. The minimum Gasteiger partial charge on any atom is -0.462 e. The molecule has 6 heteroatoms. The van der Waals surface area contributed by atoms with Gasteiger partial charge in [-0.3, -0.25) is 14.4 Å². The quantitative estimate of drug-likeness (QED) is 0.0263. The Labute approximate surface area is 376 Å². The molecule has 0 heterocycles. The van der Waals surface area contributed by atoms with Gasteiger partial charge in [-0.05, 0) is 77.0 Å². The molecule has 6 nitrogen and oxygen atoms in total. The maximum atomic E-state index is 12.8. The van der Waals surface area contributed by atoms with Crippen molar-refractivity contribution in [3.8, 4) is 0 Å². The molecule has 0 spiro atoms.